The summed E-state index contributed by atoms with van der Waals surface area (Å²) >= 11 is 1.96. The summed E-state index contributed by atoms with van der Waals surface area (Å²) in [5.74, 6) is 2.66. The molecule has 2 rings (SSSR count). The van der Waals surface area contributed by atoms with Gasteiger partial charge in [0.15, 0.2) is 0 Å². The van der Waals surface area contributed by atoms with E-state index in [0.29, 0.717) is 5.75 Å². The first-order valence-electron chi connectivity index (χ1n) is 7.96. The fourth-order valence-electron chi connectivity index (χ4n) is 2.61. The van der Waals surface area contributed by atoms with Crippen LogP contribution in [0, 0.1) is 0 Å². The molecular formula is C17H26N2O2S. The molecule has 2 atom stereocenters. The first kappa shape index (κ1) is 17.2. The number of carbonyl (C=O) groups excluding carboxylic acids is 1. The average molecular weight is 322 g/mol. The molecule has 0 spiro atoms. The van der Waals surface area contributed by atoms with Crippen LogP contribution in [0.1, 0.15) is 25.8 Å². The first-order chi connectivity index (χ1) is 10.6. The molecule has 5 heteroatoms. The van der Waals surface area contributed by atoms with Gasteiger partial charge in [0.2, 0.25) is 5.91 Å². The number of rotatable bonds is 6. The highest BCUT2D eigenvalue weighted by Gasteiger charge is 2.23. The predicted molar refractivity (Wildman–Crippen MR) is 92.4 cm³/mol. The number of aromatic hydroxyl groups is 1. The number of phenolic OH excluding ortho intramolecular Hbond substituents is 1. The van der Waals surface area contributed by atoms with Crippen molar-refractivity contribution in [3.63, 3.8) is 0 Å². The van der Waals surface area contributed by atoms with Crippen molar-refractivity contribution in [1.29, 1.82) is 0 Å². The standard InChI is InChI=1S/C17H26N2O2S/c1-13(3-4-15-5-7-16(20)8-6-15)18-17(21)14(2)19-9-11-22-12-10-19/h5-8,13-14,20H,3-4,9-12H2,1-2H3,(H,18,21)/t13-,14-/m1/s1. The van der Waals surface area contributed by atoms with Crippen LogP contribution in [0.25, 0.3) is 0 Å². The maximum absolute atomic E-state index is 12.3. The van der Waals surface area contributed by atoms with Gasteiger partial charge in [0.05, 0.1) is 6.04 Å². The lowest BCUT2D eigenvalue weighted by Crippen LogP contribution is -2.50. The molecule has 0 aliphatic carbocycles. The van der Waals surface area contributed by atoms with Gasteiger partial charge in [-0.1, -0.05) is 12.1 Å². The summed E-state index contributed by atoms with van der Waals surface area (Å²) < 4.78 is 0. The SMILES string of the molecule is C[C@H](CCc1ccc(O)cc1)NC(=O)[C@@H](C)N1CCSCC1. The third-order valence-electron chi connectivity index (χ3n) is 4.16. The first-order valence-corrected chi connectivity index (χ1v) is 9.12. The van der Waals surface area contributed by atoms with Gasteiger partial charge in [-0.2, -0.15) is 11.8 Å². The molecule has 0 unspecified atom stereocenters. The van der Waals surface area contributed by atoms with E-state index in [0.717, 1.165) is 37.4 Å². The van der Waals surface area contributed by atoms with E-state index in [1.807, 2.05) is 30.8 Å². The molecule has 1 aliphatic rings. The maximum atomic E-state index is 12.3. The average Bonchev–Trinajstić information content (AvgIpc) is 2.54. The highest BCUT2D eigenvalue weighted by molar-refractivity contribution is 7.99. The second-order valence-electron chi connectivity index (χ2n) is 5.94. The van der Waals surface area contributed by atoms with Gasteiger partial charge in [-0.3, -0.25) is 9.69 Å². The minimum absolute atomic E-state index is 0.0444. The smallest absolute Gasteiger partial charge is 0.237 e. The highest BCUT2D eigenvalue weighted by atomic mass is 32.2. The van der Waals surface area contributed by atoms with Crippen molar-refractivity contribution in [3.8, 4) is 5.75 Å². The lowest BCUT2D eigenvalue weighted by Gasteiger charge is -2.31. The molecule has 1 aromatic carbocycles. The number of benzene rings is 1. The molecule has 2 N–H and O–H groups in total. The van der Waals surface area contributed by atoms with Crippen molar-refractivity contribution in [2.24, 2.45) is 0 Å². The van der Waals surface area contributed by atoms with Crippen LogP contribution in [0.15, 0.2) is 24.3 Å². The van der Waals surface area contributed by atoms with Gasteiger partial charge in [-0.05, 0) is 44.4 Å². The van der Waals surface area contributed by atoms with E-state index >= 15 is 0 Å². The van der Waals surface area contributed by atoms with Crippen LogP contribution in [-0.2, 0) is 11.2 Å². The Hall–Kier alpha value is -1.20. The molecule has 1 saturated heterocycles. The van der Waals surface area contributed by atoms with Crippen molar-refractivity contribution in [1.82, 2.24) is 10.2 Å². The minimum atomic E-state index is -0.0444. The fourth-order valence-corrected chi connectivity index (χ4v) is 3.54. The molecule has 0 radical (unpaired) electrons. The molecule has 4 nitrogen and oxygen atoms in total. The number of aryl methyl sites for hydroxylation is 1. The molecule has 1 fully saturated rings. The summed E-state index contributed by atoms with van der Waals surface area (Å²) in [6.45, 7) is 6.05. The Labute approximate surface area is 137 Å². The largest absolute Gasteiger partial charge is 0.508 e. The Morgan fingerprint density at radius 1 is 1.27 bits per heavy atom. The van der Waals surface area contributed by atoms with E-state index in [9.17, 15) is 9.90 Å². The highest BCUT2D eigenvalue weighted by Crippen LogP contribution is 2.14. The zero-order valence-electron chi connectivity index (χ0n) is 13.4. The summed E-state index contributed by atoms with van der Waals surface area (Å²) in [6, 6.07) is 7.37. The van der Waals surface area contributed by atoms with Crippen LogP contribution in [0.5, 0.6) is 5.75 Å². The van der Waals surface area contributed by atoms with Gasteiger partial charge in [0.1, 0.15) is 5.75 Å². The molecule has 22 heavy (non-hydrogen) atoms. The third kappa shape index (κ3) is 5.21. The Bertz CT molecular complexity index is 472. The maximum Gasteiger partial charge on any atom is 0.237 e. The van der Waals surface area contributed by atoms with E-state index in [-0.39, 0.29) is 18.0 Å². The molecule has 1 aliphatic heterocycles. The lowest BCUT2D eigenvalue weighted by atomic mass is 10.1. The van der Waals surface area contributed by atoms with Gasteiger partial charge in [0, 0.05) is 30.6 Å². The summed E-state index contributed by atoms with van der Waals surface area (Å²) in [6.07, 6.45) is 1.80. The second-order valence-corrected chi connectivity index (χ2v) is 7.16. The van der Waals surface area contributed by atoms with Crippen LogP contribution in [0.4, 0.5) is 0 Å². The van der Waals surface area contributed by atoms with Gasteiger partial charge < -0.3 is 10.4 Å². The molecule has 1 heterocycles. The normalized spacial score (nSPS) is 18.6. The van der Waals surface area contributed by atoms with E-state index < -0.39 is 0 Å². The Morgan fingerprint density at radius 3 is 2.55 bits per heavy atom. The van der Waals surface area contributed by atoms with Crippen LogP contribution in [-0.4, -0.2) is 52.6 Å². The van der Waals surface area contributed by atoms with Crippen LogP contribution in [0.2, 0.25) is 0 Å². The van der Waals surface area contributed by atoms with E-state index in [1.54, 1.807) is 12.1 Å². The number of carbonyl (C=O) groups is 1. The second kappa shape index (κ2) is 8.44. The monoisotopic (exact) mass is 322 g/mol. The zero-order valence-corrected chi connectivity index (χ0v) is 14.2. The number of hydrogen-bond donors (Lipinski definition) is 2. The zero-order chi connectivity index (χ0) is 15.9. The number of nitrogens with zero attached hydrogens (tertiary/aromatic N) is 1. The number of thioether (sulfide) groups is 1. The van der Waals surface area contributed by atoms with E-state index in [2.05, 4.69) is 17.1 Å². The molecule has 122 valence electrons. The van der Waals surface area contributed by atoms with Crippen molar-refractivity contribution in [2.75, 3.05) is 24.6 Å². The number of nitrogens with one attached hydrogen (secondary N) is 1. The van der Waals surface area contributed by atoms with Gasteiger partial charge >= 0.3 is 0 Å². The van der Waals surface area contributed by atoms with Crippen molar-refractivity contribution < 1.29 is 9.90 Å². The fraction of sp³-hybridized carbons (Fsp3) is 0.588. The quantitative estimate of drug-likeness (QED) is 0.843. The van der Waals surface area contributed by atoms with Crippen molar-refractivity contribution >= 4 is 17.7 Å². The topological polar surface area (TPSA) is 52.6 Å². The Balaban J connectivity index is 1.74. The molecule has 0 bridgehead atoms. The van der Waals surface area contributed by atoms with Gasteiger partial charge in [-0.25, -0.2) is 0 Å². The van der Waals surface area contributed by atoms with Crippen molar-refractivity contribution in [3.05, 3.63) is 29.8 Å². The van der Waals surface area contributed by atoms with Crippen LogP contribution < -0.4 is 5.32 Å². The number of phenols is 1. The summed E-state index contributed by atoms with van der Waals surface area (Å²) in [7, 11) is 0. The molecule has 1 amide bonds. The summed E-state index contributed by atoms with van der Waals surface area (Å²) in [5, 5.41) is 12.4. The van der Waals surface area contributed by atoms with Crippen molar-refractivity contribution in [2.45, 2.75) is 38.8 Å². The molecule has 0 saturated carbocycles. The lowest BCUT2D eigenvalue weighted by molar-refractivity contribution is -0.126. The van der Waals surface area contributed by atoms with E-state index in [1.165, 1.54) is 5.56 Å². The molecule has 1 aromatic rings. The van der Waals surface area contributed by atoms with Crippen LogP contribution in [0.3, 0.4) is 0 Å². The number of amides is 1. The summed E-state index contributed by atoms with van der Waals surface area (Å²) in [5.41, 5.74) is 1.18. The van der Waals surface area contributed by atoms with Gasteiger partial charge in [-0.15, -0.1) is 0 Å². The Kier molecular flexibility index (Phi) is 6.58. The molecular weight excluding hydrogens is 296 g/mol. The minimum Gasteiger partial charge on any atom is -0.508 e. The molecule has 0 aromatic heterocycles. The third-order valence-corrected chi connectivity index (χ3v) is 5.11. The number of hydrogen-bond acceptors (Lipinski definition) is 4. The predicted octanol–water partition coefficient (Wildman–Crippen LogP) is 2.27. The summed E-state index contributed by atoms with van der Waals surface area (Å²) in [4.78, 5) is 14.6. The van der Waals surface area contributed by atoms with Crippen LogP contribution >= 0.6 is 11.8 Å². The van der Waals surface area contributed by atoms with Gasteiger partial charge in [0.25, 0.3) is 0 Å². The van der Waals surface area contributed by atoms with E-state index in [4.69, 9.17) is 0 Å². The Morgan fingerprint density at radius 2 is 1.91 bits per heavy atom.